The van der Waals surface area contributed by atoms with Crippen LogP contribution in [0.25, 0.3) is 0 Å². The minimum absolute atomic E-state index is 0.263. The molecule has 0 amide bonds. The van der Waals surface area contributed by atoms with Crippen molar-refractivity contribution >= 4 is 5.97 Å². The Morgan fingerprint density at radius 1 is 1.12 bits per heavy atom. The van der Waals surface area contributed by atoms with E-state index in [0.717, 1.165) is 13.0 Å². The van der Waals surface area contributed by atoms with Crippen LogP contribution in [0.2, 0.25) is 0 Å². The third kappa shape index (κ3) is 9.16. The molecular weight excluding hydrogens is 214 g/mol. The molecule has 0 aliphatic heterocycles. The Bertz CT molecular complexity index is 195. The molecule has 1 atom stereocenters. The Balaban J connectivity index is 3.81. The van der Waals surface area contributed by atoms with Gasteiger partial charge in [0.05, 0.1) is 6.42 Å². The van der Waals surface area contributed by atoms with Crippen LogP contribution in [0.15, 0.2) is 0 Å². The highest BCUT2D eigenvalue weighted by atomic mass is 16.4. The van der Waals surface area contributed by atoms with Crippen LogP contribution in [0, 0.1) is 0 Å². The van der Waals surface area contributed by atoms with E-state index < -0.39 is 5.97 Å². The van der Waals surface area contributed by atoms with Gasteiger partial charge in [0.1, 0.15) is 0 Å². The van der Waals surface area contributed by atoms with E-state index >= 15 is 0 Å². The van der Waals surface area contributed by atoms with Gasteiger partial charge < -0.3 is 10.0 Å². The highest BCUT2D eigenvalue weighted by Crippen LogP contribution is 2.09. The maximum atomic E-state index is 10.6. The number of hydrogen-bond acceptors (Lipinski definition) is 2. The first kappa shape index (κ1) is 16.4. The summed E-state index contributed by atoms with van der Waals surface area (Å²) in [6.45, 7) is 8.31. The van der Waals surface area contributed by atoms with Crippen LogP contribution in [-0.2, 0) is 4.79 Å². The number of rotatable bonds is 11. The Morgan fingerprint density at radius 3 is 2.29 bits per heavy atom. The van der Waals surface area contributed by atoms with E-state index in [-0.39, 0.29) is 6.42 Å². The lowest BCUT2D eigenvalue weighted by molar-refractivity contribution is -0.137. The molecule has 0 aromatic heterocycles. The maximum Gasteiger partial charge on any atom is 0.304 e. The molecule has 0 aromatic rings. The normalized spacial score (nSPS) is 12.9. The minimum Gasteiger partial charge on any atom is -0.481 e. The van der Waals surface area contributed by atoms with Crippen molar-refractivity contribution in [3.8, 4) is 0 Å². The zero-order valence-corrected chi connectivity index (χ0v) is 11.7. The summed E-state index contributed by atoms with van der Waals surface area (Å²) in [5.41, 5.74) is 0. The van der Waals surface area contributed by atoms with Crippen molar-refractivity contribution in [1.29, 1.82) is 0 Å². The largest absolute Gasteiger partial charge is 0.481 e. The molecule has 0 rings (SSSR count). The maximum absolute atomic E-state index is 10.6. The molecule has 17 heavy (non-hydrogen) atoms. The fourth-order valence-corrected chi connectivity index (χ4v) is 1.97. The molecule has 0 aliphatic carbocycles. The summed E-state index contributed by atoms with van der Waals surface area (Å²) in [7, 11) is 0. The first-order chi connectivity index (χ1) is 8.11. The van der Waals surface area contributed by atoms with Gasteiger partial charge >= 0.3 is 5.97 Å². The summed E-state index contributed by atoms with van der Waals surface area (Å²) >= 11 is 0. The van der Waals surface area contributed by atoms with Gasteiger partial charge in [0, 0.05) is 12.6 Å². The van der Waals surface area contributed by atoms with Crippen LogP contribution in [0.1, 0.15) is 65.7 Å². The van der Waals surface area contributed by atoms with Gasteiger partial charge in [0.2, 0.25) is 0 Å². The molecule has 3 heteroatoms. The summed E-state index contributed by atoms with van der Waals surface area (Å²) in [5.74, 6) is -0.690. The fraction of sp³-hybridized carbons (Fsp3) is 0.929. The first-order valence-electron chi connectivity index (χ1n) is 7.07. The van der Waals surface area contributed by atoms with Gasteiger partial charge in [-0.05, 0) is 26.3 Å². The highest BCUT2D eigenvalue weighted by molar-refractivity contribution is 5.66. The minimum atomic E-state index is -0.690. The van der Waals surface area contributed by atoms with E-state index in [1.807, 2.05) is 0 Å². The van der Waals surface area contributed by atoms with Gasteiger partial charge in [-0.1, -0.05) is 39.5 Å². The Hall–Kier alpha value is -0.570. The van der Waals surface area contributed by atoms with Gasteiger partial charge in [0.25, 0.3) is 0 Å². The molecule has 0 fully saturated rings. The summed E-state index contributed by atoms with van der Waals surface area (Å²) in [5, 5.41) is 8.73. The highest BCUT2D eigenvalue weighted by Gasteiger charge is 2.12. The average Bonchev–Trinajstić information content (AvgIpc) is 2.31. The standard InChI is InChI=1S/C14H29NO2/c1-4-6-7-8-9-11-15(13(3)5-2)12-10-14(16)17/h13H,4-12H2,1-3H3,(H,16,17). The lowest BCUT2D eigenvalue weighted by Crippen LogP contribution is -2.35. The van der Waals surface area contributed by atoms with Gasteiger partial charge in [0.15, 0.2) is 0 Å². The molecule has 102 valence electrons. The average molecular weight is 243 g/mol. The smallest absolute Gasteiger partial charge is 0.304 e. The molecule has 0 aromatic carbocycles. The zero-order chi connectivity index (χ0) is 13.1. The summed E-state index contributed by atoms with van der Waals surface area (Å²) in [6.07, 6.45) is 7.72. The van der Waals surface area contributed by atoms with Gasteiger partial charge in [-0.2, -0.15) is 0 Å². The number of carbonyl (C=O) groups is 1. The number of nitrogens with zero attached hydrogens (tertiary/aromatic N) is 1. The Labute approximate surface area is 106 Å². The van der Waals surface area contributed by atoms with Crippen molar-refractivity contribution < 1.29 is 9.90 Å². The van der Waals surface area contributed by atoms with Crippen LogP contribution in [0.4, 0.5) is 0 Å². The third-order valence-electron chi connectivity index (χ3n) is 3.38. The summed E-state index contributed by atoms with van der Waals surface area (Å²) < 4.78 is 0. The Morgan fingerprint density at radius 2 is 1.76 bits per heavy atom. The summed E-state index contributed by atoms with van der Waals surface area (Å²) in [4.78, 5) is 12.9. The van der Waals surface area contributed by atoms with Gasteiger partial charge in [-0.25, -0.2) is 0 Å². The molecule has 0 radical (unpaired) electrons. The molecule has 3 nitrogen and oxygen atoms in total. The molecule has 1 unspecified atom stereocenters. The lowest BCUT2D eigenvalue weighted by atomic mass is 10.1. The van der Waals surface area contributed by atoms with Gasteiger partial charge in [-0.3, -0.25) is 4.79 Å². The third-order valence-corrected chi connectivity index (χ3v) is 3.38. The summed E-state index contributed by atoms with van der Waals surface area (Å²) in [6, 6.07) is 0.500. The quantitative estimate of drug-likeness (QED) is 0.564. The number of carboxylic acids is 1. The predicted molar refractivity (Wildman–Crippen MR) is 72.3 cm³/mol. The van der Waals surface area contributed by atoms with Crippen molar-refractivity contribution in [3.63, 3.8) is 0 Å². The zero-order valence-electron chi connectivity index (χ0n) is 11.7. The second-order valence-corrected chi connectivity index (χ2v) is 4.85. The molecule has 0 spiro atoms. The topological polar surface area (TPSA) is 40.5 Å². The van der Waals surface area contributed by atoms with Crippen LogP contribution in [-0.4, -0.2) is 35.1 Å². The molecule has 0 heterocycles. The van der Waals surface area contributed by atoms with E-state index in [2.05, 4.69) is 25.7 Å². The molecule has 0 bridgehead atoms. The SMILES string of the molecule is CCCCCCCN(CCC(=O)O)C(C)CC. The van der Waals surface area contributed by atoms with E-state index in [1.165, 1.54) is 32.1 Å². The number of carboxylic acid groups (broad SMARTS) is 1. The molecule has 0 saturated heterocycles. The van der Waals surface area contributed by atoms with Crippen molar-refractivity contribution in [3.05, 3.63) is 0 Å². The molecule has 0 saturated carbocycles. The second kappa shape index (κ2) is 10.6. The van der Waals surface area contributed by atoms with Crippen LogP contribution < -0.4 is 0 Å². The second-order valence-electron chi connectivity index (χ2n) is 4.85. The molecule has 1 N–H and O–H groups in total. The number of aliphatic carboxylic acids is 1. The van der Waals surface area contributed by atoms with E-state index in [0.29, 0.717) is 12.6 Å². The van der Waals surface area contributed by atoms with Crippen molar-refractivity contribution in [1.82, 2.24) is 4.90 Å². The monoisotopic (exact) mass is 243 g/mol. The van der Waals surface area contributed by atoms with Crippen molar-refractivity contribution in [2.24, 2.45) is 0 Å². The Kier molecular flexibility index (Phi) is 10.2. The number of hydrogen-bond donors (Lipinski definition) is 1. The first-order valence-corrected chi connectivity index (χ1v) is 7.07. The van der Waals surface area contributed by atoms with E-state index in [1.54, 1.807) is 0 Å². The molecule has 0 aliphatic rings. The fourth-order valence-electron chi connectivity index (χ4n) is 1.97. The van der Waals surface area contributed by atoms with E-state index in [9.17, 15) is 4.79 Å². The van der Waals surface area contributed by atoms with Crippen molar-refractivity contribution in [2.75, 3.05) is 13.1 Å². The van der Waals surface area contributed by atoms with Crippen molar-refractivity contribution in [2.45, 2.75) is 71.8 Å². The predicted octanol–water partition coefficient (Wildman–Crippen LogP) is 3.53. The van der Waals surface area contributed by atoms with E-state index in [4.69, 9.17) is 5.11 Å². The molecular formula is C14H29NO2. The van der Waals surface area contributed by atoms with Crippen LogP contribution in [0.3, 0.4) is 0 Å². The van der Waals surface area contributed by atoms with Crippen LogP contribution in [0.5, 0.6) is 0 Å². The van der Waals surface area contributed by atoms with Gasteiger partial charge in [-0.15, -0.1) is 0 Å². The number of unbranched alkanes of at least 4 members (excludes halogenated alkanes) is 4. The van der Waals surface area contributed by atoms with Crippen LogP contribution >= 0.6 is 0 Å². The lowest BCUT2D eigenvalue weighted by Gasteiger charge is -2.27.